The quantitative estimate of drug-likeness (QED) is 0.226. The Labute approximate surface area is 225 Å². The van der Waals surface area contributed by atoms with Gasteiger partial charge in [-0.2, -0.15) is 13.2 Å². The molecule has 3 rings (SSSR count). The molecule has 1 aromatic heterocycles. The number of halogens is 3. The van der Waals surface area contributed by atoms with Gasteiger partial charge >= 0.3 is 18.1 Å². The number of esters is 2. The molecule has 2 aromatic rings. The van der Waals surface area contributed by atoms with Crippen LogP contribution >= 0.6 is 11.3 Å². The van der Waals surface area contributed by atoms with Crippen molar-refractivity contribution in [3.8, 4) is 0 Å². The molecule has 0 spiro atoms. The lowest BCUT2D eigenvalue weighted by molar-refractivity contribution is -0.145. The van der Waals surface area contributed by atoms with Gasteiger partial charge in [-0.25, -0.2) is 9.78 Å². The molecule has 206 valence electrons. The maximum atomic E-state index is 13.9. The van der Waals surface area contributed by atoms with E-state index in [1.165, 1.54) is 18.2 Å². The fourth-order valence-corrected chi connectivity index (χ4v) is 5.58. The van der Waals surface area contributed by atoms with Crippen molar-refractivity contribution >= 4 is 29.0 Å². The van der Waals surface area contributed by atoms with Gasteiger partial charge in [0.1, 0.15) is 5.92 Å². The van der Waals surface area contributed by atoms with Crippen molar-refractivity contribution in [3.05, 3.63) is 62.7 Å². The van der Waals surface area contributed by atoms with Crippen LogP contribution < -0.4 is 0 Å². The van der Waals surface area contributed by atoms with Crippen molar-refractivity contribution in [2.45, 2.75) is 71.4 Å². The molecule has 0 fully saturated rings. The van der Waals surface area contributed by atoms with E-state index in [0.29, 0.717) is 6.42 Å². The highest BCUT2D eigenvalue weighted by atomic mass is 32.1. The van der Waals surface area contributed by atoms with Crippen LogP contribution in [0.25, 0.3) is 0 Å². The second-order valence-corrected chi connectivity index (χ2v) is 10.3. The molecule has 0 amide bonds. The van der Waals surface area contributed by atoms with Gasteiger partial charge in [-0.05, 0) is 51.7 Å². The average Bonchev–Trinajstić information content (AvgIpc) is 3.28. The van der Waals surface area contributed by atoms with E-state index in [-0.39, 0.29) is 29.2 Å². The Balaban J connectivity index is 1.69. The van der Waals surface area contributed by atoms with E-state index >= 15 is 0 Å². The van der Waals surface area contributed by atoms with Crippen LogP contribution in [0.3, 0.4) is 0 Å². The van der Waals surface area contributed by atoms with Crippen LogP contribution in [-0.4, -0.2) is 36.4 Å². The smallest absolute Gasteiger partial charge is 0.416 e. The number of allylic oxidation sites excluding steroid dienone is 1. The Hall–Kier alpha value is -3.01. The summed E-state index contributed by atoms with van der Waals surface area (Å²) in [5.41, 5.74) is 0.387. The van der Waals surface area contributed by atoms with Crippen molar-refractivity contribution in [2.75, 3.05) is 13.7 Å². The lowest BCUT2D eigenvalue weighted by Crippen LogP contribution is -2.37. The van der Waals surface area contributed by atoms with E-state index in [0.717, 1.165) is 56.0 Å². The first kappa shape index (κ1) is 29.5. The molecule has 6 nitrogen and oxygen atoms in total. The van der Waals surface area contributed by atoms with Crippen molar-refractivity contribution < 1.29 is 32.2 Å². The number of hydrogen-bond acceptors (Lipinski definition) is 7. The zero-order chi connectivity index (χ0) is 27.9. The van der Waals surface area contributed by atoms with Crippen LogP contribution in [0.4, 0.5) is 13.2 Å². The summed E-state index contributed by atoms with van der Waals surface area (Å²) in [5.74, 6) is -3.95. The van der Waals surface area contributed by atoms with Crippen LogP contribution in [0.1, 0.15) is 73.7 Å². The largest absolute Gasteiger partial charge is 0.468 e. The molecule has 1 aliphatic heterocycles. The number of carbonyl (C=O) groups is 2. The van der Waals surface area contributed by atoms with E-state index in [1.807, 2.05) is 12.3 Å². The second-order valence-electron chi connectivity index (χ2n) is 9.35. The second kappa shape index (κ2) is 13.2. The van der Waals surface area contributed by atoms with Gasteiger partial charge in [0.05, 0.1) is 29.9 Å². The molecule has 0 saturated carbocycles. The number of alkyl halides is 3. The van der Waals surface area contributed by atoms with Gasteiger partial charge in [-0.1, -0.05) is 37.5 Å². The molecular formula is C28H33F3N2O4S. The first-order valence-electron chi connectivity index (χ1n) is 12.6. The standard InChI is InChI=1S/C28H33F3N2O4S/c1-17-16-38-22(32-17)14-8-6-5-7-11-15-37-27(35)24-19(3)33-18(2)23(26(34)36-4)25(24)20-12-9-10-13-21(20)28(29,30)31/h9-10,12-13,16,23,25H,5-8,11,14-15H2,1-4H3. The van der Waals surface area contributed by atoms with E-state index in [1.54, 1.807) is 25.2 Å². The SMILES string of the molecule is COC(=O)C1C(C)=NC(C)=C(C(=O)OCCCCCCCc2nc(C)cs2)C1c1ccccc1C(F)(F)F. The summed E-state index contributed by atoms with van der Waals surface area (Å²) in [6.45, 7) is 5.19. The minimum atomic E-state index is -4.68. The Morgan fingerprint density at radius 2 is 1.71 bits per heavy atom. The molecular weight excluding hydrogens is 517 g/mol. The number of nitrogens with zero attached hydrogens (tertiary/aromatic N) is 2. The van der Waals surface area contributed by atoms with Crippen LogP contribution in [0, 0.1) is 12.8 Å². The minimum absolute atomic E-state index is 0.0542. The number of aromatic nitrogens is 1. The molecule has 10 heteroatoms. The third-order valence-electron chi connectivity index (χ3n) is 6.54. The molecule has 0 bridgehead atoms. The monoisotopic (exact) mass is 550 g/mol. The van der Waals surface area contributed by atoms with Gasteiger partial charge in [0.25, 0.3) is 0 Å². The van der Waals surface area contributed by atoms with Crippen LogP contribution in [-0.2, 0) is 31.7 Å². The summed E-state index contributed by atoms with van der Waals surface area (Å²) < 4.78 is 52.2. The Kier molecular flexibility index (Phi) is 10.2. The first-order valence-corrected chi connectivity index (χ1v) is 13.5. The Morgan fingerprint density at radius 1 is 1.03 bits per heavy atom. The summed E-state index contributed by atoms with van der Waals surface area (Å²) in [4.78, 5) is 34.7. The maximum absolute atomic E-state index is 13.9. The Bertz CT molecular complexity index is 1200. The lowest BCUT2D eigenvalue weighted by atomic mass is 9.74. The van der Waals surface area contributed by atoms with Crippen LogP contribution in [0.2, 0.25) is 0 Å². The zero-order valence-electron chi connectivity index (χ0n) is 22.1. The molecule has 1 aromatic carbocycles. The summed E-state index contributed by atoms with van der Waals surface area (Å²) in [6, 6.07) is 4.96. The molecule has 0 N–H and O–H groups in total. The zero-order valence-corrected chi connectivity index (χ0v) is 22.9. The number of carbonyl (C=O) groups excluding carboxylic acids is 2. The lowest BCUT2D eigenvalue weighted by Gasteiger charge is -2.32. The van der Waals surface area contributed by atoms with Gasteiger partial charge in [0.2, 0.25) is 0 Å². The molecule has 2 atom stereocenters. The van der Waals surface area contributed by atoms with Crippen molar-refractivity contribution in [1.29, 1.82) is 0 Å². The number of benzene rings is 1. The van der Waals surface area contributed by atoms with Gasteiger partial charge in [0, 0.05) is 28.4 Å². The molecule has 0 saturated heterocycles. The number of rotatable bonds is 11. The normalized spacial score (nSPS) is 17.8. The highest BCUT2D eigenvalue weighted by molar-refractivity contribution is 7.09. The molecule has 1 aliphatic rings. The highest BCUT2D eigenvalue weighted by Crippen LogP contribution is 2.44. The predicted octanol–water partition coefficient (Wildman–Crippen LogP) is 6.83. The number of aryl methyl sites for hydroxylation is 2. The topological polar surface area (TPSA) is 77.8 Å². The summed E-state index contributed by atoms with van der Waals surface area (Å²) in [6.07, 6.45) is 0.780. The van der Waals surface area contributed by atoms with Crippen molar-refractivity contribution in [1.82, 2.24) is 4.98 Å². The highest BCUT2D eigenvalue weighted by Gasteiger charge is 2.46. The van der Waals surface area contributed by atoms with Gasteiger partial charge in [-0.3, -0.25) is 9.79 Å². The van der Waals surface area contributed by atoms with Crippen LogP contribution in [0.5, 0.6) is 0 Å². The fourth-order valence-electron chi connectivity index (χ4n) is 4.77. The number of ether oxygens (including phenoxy) is 2. The van der Waals surface area contributed by atoms with Crippen molar-refractivity contribution in [2.24, 2.45) is 10.9 Å². The van der Waals surface area contributed by atoms with E-state index in [2.05, 4.69) is 9.98 Å². The summed E-state index contributed by atoms with van der Waals surface area (Å²) in [7, 11) is 1.16. The Morgan fingerprint density at radius 3 is 2.37 bits per heavy atom. The van der Waals surface area contributed by atoms with E-state index in [9.17, 15) is 22.8 Å². The molecule has 38 heavy (non-hydrogen) atoms. The molecule has 2 heterocycles. The number of thiazole rings is 1. The number of aliphatic imine (C=N–C) groups is 1. The summed E-state index contributed by atoms with van der Waals surface area (Å²) >= 11 is 1.67. The van der Waals surface area contributed by atoms with Gasteiger partial charge in [0.15, 0.2) is 0 Å². The van der Waals surface area contributed by atoms with Crippen molar-refractivity contribution in [3.63, 3.8) is 0 Å². The third kappa shape index (κ3) is 7.30. The molecule has 0 aliphatic carbocycles. The minimum Gasteiger partial charge on any atom is -0.468 e. The van der Waals surface area contributed by atoms with Gasteiger partial charge < -0.3 is 9.47 Å². The predicted molar refractivity (Wildman–Crippen MR) is 140 cm³/mol. The van der Waals surface area contributed by atoms with Crippen LogP contribution in [0.15, 0.2) is 45.9 Å². The number of hydrogen-bond donors (Lipinski definition) is 0. The first-order chi connectivity index (χ1) is 18.0. The maximum Gasteiger partial charge on any atom is 0.416 e. The van der Waals surface area contributed by atoms with Gasteiger partial charge in [-0.15, -0.1) is 11.3 Å². The summed E-state index contributed by atoms with van der Waals surface area (Å²) in [5, 5.41) is 3.18. The average molecular weight is 551 g/mol. The number of methoxy groups -OCH3 is 1. The van der Waals surface area contributed by atoms with E-state index in [4.69, 9.17) is 9.47 Å². The number of unbranched alkanes of at least 4 members (excludes halogenated alkanes) is 4. The molecule has 0 radical (unpaired) electrons. The fraction of sp³-hybridized carbons (Fsp3) is 0.500. The van der Waals surface area contributed by atoms with E-state index < -0.39 is 35.5 Å². The third-order valence-corrected chi connectivity index (χ3v) is 7.57. The molecule has 2 unspecified atom stereocenters.